The van der Waals surface area contributed by atoms with Gasteiger partial charge in [0, 0.05) is 26.2 Å². The van der Waals surface area contributed by atoms with Crippen LogP contribution in [0.25, 0.3) is 0 Å². The number of carboxylic acid groups (broad SMARTS) is 1. The summed E-state index contributed by atoms with van der Waals surface area (Å²) in [5.41, 5.74) is 4.08. The van der Waals surface area contributed by atoms with E-state index in [0.29, 0.717) is 61.7 Å². The Hall–Kier alpha value is -4.22. The third-order valence-corrected chi connectivity index (χ3v) is 8.25. The molecular weight excluding hydrogens is 580 g/mol. The summed E-state index contributed by atoms with van der Waals surface area (Å²) in [5, 5.41) is 9.05. The molecule has 2 saturated heterocycles. The molecule has 12 heteroatoms. The lowest BCUT2D eigenvalue weighted by atomic mass is 9.97. The first-order valence-electron chi connectivity index (χ1n) is 15.5. The molecule has 2 aliphatic heterocycles. The Kier molecular flexibility index (Phi) is 12.7. The predicted octanol–water partition coefficient (Wildman–Crippen LogP) is 4.44. The Morgan fingerprint density at radius 1 is 0.733 bits per heavy atom. The number of ether oxygens (including phenoxy) is 3. The second kappa shape index (κ2) is 16.2. The minimum Gasteiger partial charge on any atom is -0.481 e. The molecule has 0 unspecified atom stereocenters. The number of hydrogen-bond acceptors (Lipinski definition) is 11. The molecule has 0 amide bonds. The number of carbonyl (C=O) groups is 4. The lowest BCUT2D eigenvalue weighted by molar-refractivity contribution is -0.146. The van der Waals surface area contributed by atoms with Gasteiger partial charge < -0.3 is 29.1 Å². The number of hydrogen-bond donors (Lipinski definition) is 1. The highest BCUT2D eigenvalue weighted by Gasteiger charge is 2.28. The van der Waals surface area contributed by atoms with Crippen LogP contribution in [-0.4, -0.2) is 85.5 Å². The molecule has 12 nitrogen and oxygen atoms in total. The molecule has 2 fully saturated rings. The predicted molar refractivity (Wildman–Crippen MR) is 169 cm³/mol. The topological polar surface area (TPSA) is 148 Å². The molecule has 2 aliphatic rings. The summed E-state index contributed by atoms with van der Waals surface area (Å²) in [6.45, 7) is 14.5. The van der Waals surface area contributed by atoms with Crippen LogP contribution in [-0.2, 0) is 23.8 Å². The highest BCUT2D eigenvalue weighted by Crippen LogP contribution is 2.27. The number of esters is 3. The van der Waals surface area contributed by atoms with E-state index in [4.69, 9.17) is 19.3 Å². The van der Waals surface area contributed by atoms with Crippen molar-refractivity contribution in [2.24, 2.45) is 11.8 Å². The summed E-state index contributed by atoms with van der Waals surface area (Å²) < 4.78 is 15.0. The SMILES string of the molecule is CCOC(=O)c1c(C)cc(N2CCC(C(=O)O)CC2)nc1C.CCOC(=O)c1c(C)cc(N2CCC(C(=O)OC)CC2)nc1C. The van der Waals surface area contributed by atoms with Crippen LogP contribution in [0.5, 0.6) is 0 Å². The summed E-state index contributed by atoms with van der Waals surface area (Å²) in [7, 11) is 1.43. The van der Waals surface area contributed by atoms with Crippen molar-refractivity contribution in [2.75, 3.05) is 56.3 Å². The largest absolute Gasteiger partial charge is 0.481 e. The molecule has 1 N–H and O–H groups in total. The second-order valence-corrected chi connectivity index (χ2v) is 11.3. The van der Waals surface area contributed by atoms with Crippen molar-refractivity contribution in [1.82, 2.24) is 9.97 Å². The van der Waals surface area contributed by atoms with Crippen molar-refractivity contribution < 1.29 is 38.5 Å². The zero-order valence-electron chi connectivity index (χ0n) is 27.5. The first kappa shape index (κ1) is 35.3. The molecule has 0 radical (unpaired) electrons. The van der Waals surface area contributed by atoms with Gasteiger partial charge >= 0.3 is 23.9 Å². The first-order chi connectivity index (χ1) is 21.4. The highest BCUT2D eigenvalue weighted by molar-refractivity contribution is 5.93. The molecule has 4 rings (SSSR count). The lowest BCUT2D eigenvalue weighted by Crippen LogP contribution is -2.37. The maximum atomic E-state index is 12.0. The van der Waals surface area contributed by atoms with Crippen LogP contribution in [0, 0.1) is 39.5 Å². The zero-order chi connectivity index (χ0) is 33.3. The third-order valence-electron chi connectivity index (χ3n) is 8.25. The van der Waals surface area contributed by atoms with Crippen LogP contribution in [0.2, 0.25) is 0 Å². The van der Waals surface area contributed by atoms with E-state index in [2.05, 4.69) is 19.8 Å². The van der Waals surface area contributed by atoms with Gasteiger partial charge in [-0.15, -0.1) is 0 Å². The monoisotopic (exact) mass is 626 g/mol. The van der Waals surface area contributed by atoms with Crippen LogP contribution >= 0.6 is 0 Å². The quantitative estimate of drug-likeness (QED) is 0.326. The summed E-state index contributed by atoms with van der Waals surface area (Å²) in [4.78, 5) is 59.8. The van der Waals surface area contributed by atoms with Gasteiger partial charge in [-0.3, -0.25) is 9.59 Å². The molecule has 2 aromatic heterocycles. The zero-order valence-corrected chi connectivity index (χ0v) is 27.5. The van der Waals surface area contributed by atoms with Gasteiger partial charge in [0.25, 0.3) is 0 Å². The van der Waals surface area contributed by atoms with Crippen molar-refractivity contribution in [3.8, 4) is 0 Å². The normalized spacial score (nSPS) is 15.5. The maximum absolute atomic E-state index is 12.0. The number of pyridine rings is 2. The Balaban J connectivity index is 0.000000246. The fraction of sp³-hybridized carbons (Fsp3) is 0.576. The number of aryl methyl sites for hydroxylation is 4. The van der Waals surface area contributed by atoms with Gasteiger partial charge in [-0.2, -0.15) is 0 Å². The Morgan fingerprint density at radius 2 is 1.11 bits per heavy atom. The van der Waals surface area contributed by atoms with Crippen molar-refractivity contribution >= 4 is 35.5 Å². The van der Waals surface area contributed by atoms with Gasteiger partial charge in [-0.25, -0.2) is 19.6 Å². The van der Waals surface area contributed by atoms with Crippen molar-refractivity contribution in [2.45, 2.75) is 67.2 Å². The average Bonchev–Trinajstić information content (AvgIpc) is 3.00. The van der Waals surface area contributed by atoms with Gasteiger partial charge in [0.1, 0.15) is 11.6 Å². The number of carbonyl (C=O) groups excluding carboxylic acids is 3. The van der Waals surface area contributed by atoms with E-state index in [-0.39, 0.29) is 29.7 Å². The van der Waals surface area contributed by atoms with Gasteiger partial charge in [-0.1, -0.05) is 0 Å². The molecule has 0 aromatic carbocycles. The summed E-state index contributed by atoms with van der Waals surface area (Å²) >= 11 is 0. The Bertz CT molecular complexity index is 1330. The number of piperidine rings is 2. The number of rotatable bonds is 8. The van der Waals surface area contributed by atoms with Crippen LogP contribution < -0.4 is 9.80 Å². The fourth-order valence-corrected chi connectivity index (χ4v) is 5.84. The number of carboxylic acids is 1. The molecule has 4 heterocycles. The van der Waals surface area contributed by atoms with E-state index in [1.807, 2.05) is 32.9 Å². The Labute approximate surface area is 265 Å². The van der Waals surface area contributed by atoms with Gasteiger partial charge in [0.2, 0.25) is 0 Å². The minimum absolute atomic E-state index is 0.0303. The van der Waals surface area contributed by atoms with Crippen LogP contribution in [0.3, 0.4) is 0 Å². The molecule has 0 saturated carbocycles. The van der Waals surface area contributed by atoms with Crippen molar-refractivity contribution in [3.63, 3.8) is 0 Å². The number of methoxy groups -OCH3 is 1. The van der Waals surface area contributed by atoms with E-state index >= 15 is 0 Å². The molecule has 0 spiro atoms. The molecule has 0 aliphatic carbocycles. The summed E-state index contributed by atoms with van der Waals surface area (Å²) in [5.74, 6) is -0.190. The molecule has 0 bridgehead atoms. The molecule has 246 valence electrons. The molecular formula is C33H46N4O8. The van der Waals surface area contributed by atoms with Crippen LogP contribution in [0.1, 0.15) is 82.8 Å². The van der Waals surface area contributed by atoms with Crippen molar-refractivity contribution in [3.05, 3.63) is 45.8 Å². The third kappa shape index (κ3) is 8.92. The minimum atomic E-state index is -0.724. The van der Waals surface area contributed by atoms with Gasteiger partial charge in [-0.05, 0) is 90.5 Å². The van der Waals surface area contributed by atoms with Crippen LogP contribution in [0.4, 0.5) is 11.6 Å². The molecule has 2 aromatic rings. The smallest absolute Gasteiger partial charge is 0.340 e. The van der Waals surface area contributed by atoms with Crippen LogP contribution in [0.15, 0.2) is 12.1 Å². The number of aliphatic carboxylic acids is 1. The van der Waals surface area contributed by atoms with E-state index in [1.165, 1.54) is 7.11 Å². The van der Waals surface area contributed by atoms with E-state index in [1.54, 1.807) is 20.8 Å². The number of aromatic nitrogens is 2. The summed E-state index contributed by atoms with van der Waals surface area (Å²) in [6, 6.07) is 3.79. The van der Waals surface area contributed by atoms with Crippen molar-refractivity contribution in [1.29, 1.82) is 0 Å². The van der Waals surface area contributed by atoms with Gasteiger partial charge in [0.05, 0.1) is 54.7 Å². The average molecular weight is 627 g/mol. The highest BCUT2D eigenvalue weighted by atomic mass is 16.5. The lowest BCUT2D eigenvalue weighted by Gasteiger charge is -2.32. The molecule has 0 atom stereocenters. The number of anilines is 2. The standard InChI is InChI=1S/C17H24N2O4.C16H22N2O4/c1-5-23-17(21)15-11(2)10-14(18-12(15)3)19-8-6-13(7-9-19)16(20)22-4;1-4-22-16(21)14-10(2)9-13(17-11(14)3)18-7-5-12(6-8-18)15(19)20/h10,13H,5-9H2,1-4H3;9,12H,4-8H2,1-3H3,(H,19,20). The number of nitrogens with zero attached hydrogens (tertiary/aromatic N) is 4. The van der Waals surface area contributed by atoms with E-state index < -0.39 is 5.97 Å². The fourth-order valence-electron chi connectivity index (χ4n) is 5.84. The van der Waals surface area contributed by atoms with Gasteiger partial charge in [0.15, 0.2) is 0 Å². The van der Waals surface area contributed by atoms with E-state index in [0.717, 1.165) is 48.7 Å². The Morgan fingerprint density at radius 3 is 1.42 bits per heavy atom. The second-order valence-electron chi connectivity index (χ2n) is 11.3. The molecule has 45 heavy (non-hydrogen) atoms. The first-order valence-corrected chi connectivity index (χ1v) is 15.5. The maximum Gasteiger partial charge on any atom is 0.340 e. The van der Waals surface area contributed by atoms with E-state index in [9.17, 15) is 19.2 Å². The summed E-state index contributed by atoms with van der Waals surface area (Å²) in [6.07, 6.45) is 2.75.